The molecule has 3 N–H and O–H groups in total. The Bertz CT molecular complexity index is 742. The number of hydrogen-bond acceptors (Lipinski definition) is 2. The molecule has 0 atom stereocenters. The number of carbonyl (C=O) groups excluding carboxylic acids is 2. The lowest BCUT2D eigenvalue weighted by molar-refractivity contribution is -0.118. The zero-order chi connectivity index (χ0) is 17.7. The van der Waals surface area contributed by atoms with Gasteiger partial charge in [0.1, 0.15) is 0 Å². The van der Waals surface area contributed by atoms with Crippen molar-refractivity contribution in [3.63, 3.8) is 0 Å². The van der Waals surface area contributed by atoms with Crippen molar-refractivity contribution >= 4 is 40.6 Å². The van der Waals surface area contributed by atoms with Crippen molar-refractivity contribution in [2.45, 2.75) is 20.8 Å². The number of urea groups is 1. The highest BCUT2D eigenvalue weighted by atomic mass is 35.5. The molecule has 6 heteroatoms. The third-order valence-corrected chi connectivity index (χ3v) is 3.65. The van der Waals surface area contributed by atoms with Crippen LogP contribution in [0.1, 0.15) is 19.4 Å². The van der Waals surface area contributed by atoms with E-state index >= 15 is 0 Å². The number of carbonyl (C=O) groups is 2. The normalized spacial score (nSPS) is 10.4. The van der Waals surface area contributed by atoms with Crippen molar-refractivity contribution in [2.75, 3.05) is 16.0 Å². The molecule has 5 nitrogen and oxygen atoms in total. The summed E-state index contributed by atoms with van der Waals surface area (Å²) in [5, 5.41) is 8.93. The minimum atomic E-state index is -0.400. The van der Waals surface area contributed by atoms with Crippen LogP contribution in [0, 0.1) is 12.8 Å². The van der Waals surface area contributed by atoms with Gasteiger partial charge in [0.05, 0.1) is 11.4 Å². The monoisotopic (exact) mass is 345 g/mol. The van der Waals surface area contributed by atoms with Gasteiger partial charge in [-0.25, -0.2) is 4.79 Å². The van der Waals surface area contributed by atoms with E-state index in [1.807, 2.05) is 32.9 Å². The third-order valence-electron chi connectivity index (χ3n) is 3.40. The average molecular weight is 346 g/mol. The van der Waals surface area contributed by atoms with Crippen molar-refractivity contribution in [1.29, 1.82) is 0 Å². The van der Waals surface area contributed by atoms with Gasteiger partial charge in [-0.1, -0.05) is 37.6 Å². The number of nitrogens with one attached hydrogen (secondary N) is 3. The molecule has 0 fully saturated rings. The van der Waals surface area contributed by atoms with Crippen molar-refractivity contribution < 1.29 is 9.59 Å². The Morgan fingerprint density at radius 3 is 2.25 bits per heavy atom. The largest absolute Gasteiger partial charge is 0.324 e. The van der Waals surface area contributed by atoms with Gasteiger partial charge in [-0.15, -0.1) is 0 Å². The quantitative estimate of drug-likeness (QED) is 0.738. The van der Waals surface area contributed by atoms with E-state index in [-0.39, 0.29) is 11.8 Å². The van der Waals surface area contributed by atoms with E-state index in [0.717, 1.165) is 5.56 Å². The van der Waals surface area contributed by atoms with Crippen molar-refractivity contribution in [2.24, 2.45) is 5.92 Å². The Morgan fingerprint density at radius 1 is 0.958 bits per heavy atom. The minimum Gasteiger partial charge on any atom is -0.324 e. The fraction of sp³-hybridized carbons (Fsp3) is 0.222. The maximum Gasteiger partial charge on any atom is 0.323 e. The first-order valence-electron chi connectivity index (χ1n) is 7.61. The highest BCUT2D eigenvalue weighted by molar-refractivity contribution is 6.30. The topological polar surface area (TPSA) is 70.2 Å². The van der Waals surface area contributed by atoms with Gasteiger partial charge < -0.3 is 16.0 Å². The van der Waals surface area contributed by atoms with Gasteiger partial charge in [0.25, 0.3) is 0 Å². The SMILES string of the molecule is Cc1cccc(NC(=O)Nc2ccc(Cl)cc2)c1NC(=O)C(C)C. The summed E-state index contributed by atoms with van der Waals surface area (Å²) in [6, 6.07) is 11.8. The highest BCUT2D eigenvalue weighted by Crippen LogP contribution is 2.26. The molecule has 0 aliphatic rings. The Labute approximate surface area is 146 Å². The summed E-state index contributed by atoms with van der Waals surface area (Å²) in [5.74, 6) is -0.259. The first-order valence-corrected chi connectivity index (χ1v) is 7.98. The summed E-state index contributed by atoms with van der Waals surface area (Å²) in [6.07, 6.45) is 0. The van der Waals surface area contributed by atoms with Gasteiger partial charge in [-0.3, -0.25) is 4.79 Å². The highest BCUT2D eigenvalue weighted by Gasteiger charge is 2.14. The van der Waals surface area contributed by atoms with Crippen LogP contribution in [-0.4, -0.2) is 11.9 Å². The molecule has 0 bridgehead atoms. The molecule has 0 spiro atoms. The van der Waals surface area contributed by atoms with E-state index in [1.54, 1.807) is 30.3 Å². The molecular weight excluding hydrogens is 326 g/mol. The second-order valence-electron chi connectivity index (χ2n) is 5.73. The molecule has 2 rings (SSSR count). The van der Waals surface area contributed by atoms with Gasteiger partial charge in [0.2, 0.25) is 5.91 Å². The number of rotatable bonds is 4. The predicted octanol–water partition coefficient (Wildman–Crippen LogP) is 4.89. The molecule has 0 aliphatic heterocycles. The number of para-hydroxylation sites is 1. The first-order chi connectivity index (χ1) is 11.4. The molecule has 0 heterocycles. The zero-order valence-corrected chi connectivity index (χ0v) is 14.6. The summed E-state index contributed by atoms with van der Waals surface area (Å²) < 4.78 is 0. The Morgan fingerprint density at radius 2 is 1.62 bits per heavy atom. The molecule has 126 valence electrons. The van der Waals surface area contributed by atoms with Crippen LogP contribution in [0.25, 0.3) is 0 Å². The maximum atomic E-state index is 12.2. The molecule has 0 radical (unpaired) electrons. The van der Waals surface area contributed by atoms with Crippen LogP contribution in [0.2, 0.25) is 5.02 Å². The fourth-order valence-electron chi connectivity index (χ4n) is 2.02. The molecule has 24 heavy (non-hydrogen) atoms. The van der Waals surface area contributed by atoms with Crippen LogP contribution < -0.4 is 16.0 Å². The van der Waals surface area contributed by atoms with Gasteiger partial charge in [0.15, 0.2) is 0 Å². The van der Waals surface area contributed by atoms with E-state index in [1.165, 1.54) is 0 Å². The second kappa shape index (κ2) is 7.84. The van der Waals surface area contributed by atoms with Gasteiger partial charge in [-0.2, -0.15) is 0 Å². The molecule has 0 saturated carbocycles. The van der Waals surface area contributed by atoms with Crippen LogP contribution in [0.5, 0.6) is 0 Å². The molecule has 2 aromatic carbocycles. The van der Waals surface area contributed by atoms with Crippen molar-refractivity contribution in [1.82, 2.24) is 0 Å². The van der Waals surface area contributed by atoms with Gasteiger partial charge in [-0.05, 0) is 42.8 Å². The maximum absolute atomic E-state index is 12.2. The van der Waals surface area contributed by atoms with Gasteiger partial charge >= 0.3 is 6.03 Å². The molecule has 2 aromatic rings. The molecular formula is C18H20ClN3O2. The lowest BCUT2D eigenvalue weighted by Gasteiger charge is -2.16. The average Bonchev–Trinajstić information content (AvgIpc) is 2.52. The summed E-state index contributed by atoms with van der Waals surface area (Å²) in [4.78, 5) is 24.2. The van der Waals surface area contributed by atoms with Crippen LogP contribution in [0.15, 0.2) is 42.5 Å². The Balaban J connectivity index is 2.13. The van der Waals surface area contributed by atoms with Crippen LogP contribution in [0.4, 0.5) is 21.9 Å². The molecule has 0 unspecified atom stereocenters. The number of benzene rings is 2. The summed E-state index contributed by atoms with van der Waals surface area (Å²) in [6.45, 7) is 5.50. The smallest absolute Gasteiger partial charge is 0.323 e. The molecule has 0 saturated heterocycles. The third kappa shape index (κ3) is 4.73. The number of amides is 3. The van der Waals surface area contributed by atoms with E-state index in [4.69, 9.17) is 11.6 Å². The molecule has 0 aliphatic carbocycles. The number of halogens is 1. The minimum absolute atomic E-state index is 0.106. The summed E-state index contributed by atoms with van der Waals surface area (Å²) >= 11 is 5.82. The van der Waals surface area contributed by atoms with Gasteiger partial charge in [0, 0.05) is 16.6 Å². The van der Waals surface area contributed by atoms with E-state index in [2.05, 4.69) is 16.0 Å². The van der Waals surface area contributed by atoms with E-state index < -0.39 is 6.03 Å². The van der Waals surface area contributed by atoms with E-state index in [9.17, 15) is 9.59 Å². The Kier molecular flexibility index (Phi) is 5.82. The lowest BCUT2D eigenvalue weighted by atomic mass is 10.1. The molecule has 0 aromatic heterocycles. The first kappa shape index (κ1) is 17.8. The number of aryl methyl sites for hydroxylation is 1. The lowest BCUT2D eigenvalue weighted by Crippen LogP contribution is -2.23. The van der Waals surface area contributed by atoms with Crippen molar-refractivity contribution in [3.05, 3.63) is 53.1 Å². The Hall–Kier alpha value is -2.53. The number of anilines is 3. The predicted molar refractivity (Wildman–Crippen MR) is 98.7 cm³/mol. The van der Waals surface area contributed by atoms with Crippen LogP contribution >= 0.6 is 11.6 Å². The summed E-state index contributed by atoms with van der Waals surface area (Å²) in [7, 11) is 0. The second-order valence-corrected chi connectivity index (χ2v) is 6.16. The zero-order valence-electron chi connectivity index (χ0n) is 13.8. The molecule has 3 amide bonds. The van der Waals surface area contributed by atoms with Crippen LogP contribution in [-0.2, 0) is 4.79 Å². The number of hydrogen-bond donors (Lipinski definition) is 3. The fourth-order valence-corrected chi connectivity index (χ4v) is 2.15. The van der Waals surface area contributed by atoms with Crippen molar-refractivity contribution in [3.8, 4) is 0 Å². The van der Waals surface area contributed by atoms with Crippen LogP contribution in [0.3, 0.4) is 0 Å². The van der Waals surface area contributed by atoms with E-state index in [0.29, 0.717) is 22.1 Å². The standard InChI is InChI=1S/C18H20ClN3O2/c1-11(2)17(23)22-16-12(3)5-4-6-15(16)21-18(24)20-14-9-7-13(19)8-10-14/h4-11H,1-3H3,(H,22,23)(H2,20,21,24). The summed E-state index contributed by atoms with van der Waals surface area (Å²) in [5.41, 5.74) is 2.63.